The highest BCUT2D eigenvalue weighted by Crippen LogP contribution is 2.22. The van der Waals surface area contributed by atoms with Crippen molar-refractivity contribution in [2.75, 3.05) is 26.7 Å². The normalized spacial score (nSPS) is 18.6. The van der Waals surface area contributed by atoms with Gasteiger partial charge in [0.25, 0.3) is 5.91 Å². The summed E-state index contributed by atoms with van der Waals surface area (Å²) in [6, 6.07) is 0. The van der Waals surface area contributed by atoms with Crippen molar-refractivity contribution in [3.8, 4) is 0 Å². The number of amides is 1. The van der Waals surface area contributed by atoms with Crippen molar-refractivity contribution in [2.45, 2.75) is 32.9 Å². The van der Waals surface area contributed by atoms with E-state index in [1.54, 1.807) is 7.11 Å². The van der Waals surface area contributed by atoms with E-state index in [-0.39, 0.29) is 11.4 Å². The lowest BCUT2D eigenvalue weighted by atomic mass is 10.0. The first-order valence-electron chi connectivity index (χ1n) is 6.42. The van der Waals surface area contributed by atoms with Gasteiger partial charge in [-0.05, 0) is 20.8 Å². The maximum absolute atomic E-state index is 12.6. The first-order valence-corrected chi connectivity index (χ1v) is 7.24. The molecule has 2 rings (SSSR count). The molecule has 1 saturated heterocycles. The number of hydrogen-bond donors (Lipinski definition) is 1. The van der Waals surface area contributed by atoms with Gasteiger partial charge in [0.2, 0.25) is 0 Å². The molecule has 0 radical (unpaired) electrons. The number of nitrogens with one attached hydrogen (secondary N) is 1. The van der Waals surface area contributed by atoms with Crippen LogP contribution in [0.4, 0.5) is 0 Å². The van der Waals surface area contributed by atoms with Gasteiger partial charge in [0, 0.05) is 32.3 Å². The minimum Gasteiger partial charge on any atom is -0.378 e. The molecular weight excluding hydrogens is 262 g/mol. The first kappa shape index (κ1) is 14.4. The molecule has 19 heavy (non-hydrogen) atoms. The van der Waals surface area contributed by atoms with Gasteiger partial charge in [-0.3, -0.25) is 4.79 Å². The Kier molecular flexibility index (Phi) is 4.23. The van der Waals surface area contributed by atoms with Crippen LogP contribution in [0.25, 0.3) is 0 Å². The average molecular weight is 283 g/mol. The fourth-order valence-electron chi connectivity index (χ4n) is 2.29. The fourth-order valence-corrected chi connectivity index (χ4v) is 3.30. The highest BCUT2D eigenvalue weighted by molar-refractivity contribution is 7.13. The van der Waals surface area contributed by atoms with Crippen molar-refractivity contribution in [1.29, 1.82) is 0 Å². The average Bonchev–Trinajstić information content (AvgIpc) is 2.68. The molecule has 1 aliphatic rings. The van der Waals surface area contributed by atoms with Gasteiger partial charge in [0.1, 0.15) is 9.88 Å². The van der Waals surface area contributed by atoms with Crippen molar-refractivity contribution in [2.24, 2.45) is 0 Å². The molecule has 106 valence electrons. The van der Waals surface area contributed by atoms with E-state index in [2.05, 4.69) is 24.1 Å². The second kappa shape index (κ2) is 5.56. The summed E-state index contributed by atoms with van der Waals surface area (Å²) in [6.07, 6.45) is 0. The molecule has 0 bridgehead atoms. The quantitative estimate of drug-likeness (QED) is 0.911. The Labute approximate surface area is 118 Å². The highest BCUT2D eigenvalue weighted by atomic mass is 32.1. The zero-order valence-corrected chi connectivity index (χ0v) is 12.8. The number of carbonyl (C=O) groups excluding carboxylic acids is 1. The number of thiazole rings is 1. The van der Waals surface area contributed by atoms with Gasteiger partial charge in [-0.15, -0.1) is 11.3 Å². The van der Waals surface area contributed by atoms with Crippen molar-refractivity contribution in [3.05, 3.63) is 15.6 Å². The summed E-state index contributed by atoms with van der Waals surface area (Å²) in [5, 5.41) is 4.27. The van der Waals surface area contributed by atoms with Crippen LogP contribution in [0.5, 0.6) is 0 Å². The molecule has 0 unspecified atom stereocenters. The van der Waals surface area contributed by atoms with Gasteiger partial charge in [-0.25, -0.2) is 4.98 Å². The first-order chi connectivity index (χ1) is 8.93. The number of methoxy groups -OCH3 is 1. The van der Waals surface area contributed by atoms with Gasteiger partial charge in [0.05, 0.1) is 12.3 Å². The third-order valence-electron chi connectivity index (χ3n) is 3.16. The molecule has 0 spiro atoms. The molecule has 1 N–H and O–H groups in total. The summed E-state index contributed by atoms with van der Waals surface area (Å²) in [5.74, 6) is 0.0897. The van der Waals surface area contributed by atoms with Crippen LogP contribution in [0.3, 0.4) is 0 Å². The number of rotatable bonds is 3. The highest BCUT2D eigenvalue weighted by Gasteiger charge is 2.30. The number of carbonyl (C=O) groups is 1. The van der Waals surface area contributed by atoms with E-state index in [0.29, 0.717) is 6.61 Å². The van der Waals surface area contributed by atoms with E-state index in [0.717, 1.165) is 35.2 Å². The molecule has 5 nitrogen and oxygen atoms in total. The Morgan fingerprint density at radius 1 is 1.58 bits per heavy atom. The number of piperazine rings is 1. The Hall–Kier alpha value is -0.980. The predicted octanol–water partition coefficient (Wildman–Crippen LogP) is 1.42. The van der Waals surface area contributed by atoms with Crippen molar-refractivity contribution >= 4 is 17.2 Å². The van der Waals surface area contributed by atoms with Crippen molar-refractivity contribution in [3.63, 3.8) is 0 Å². The van der Waals surface area contributed by atoms with Gasteiger partial charge in [-0.1, -0.05) is 0 Å². The summed E-state index contributed by atoms with van der Waals surface area (Å²) < 4.78 is 5.07. The molecule has 0 saturated carbocycles. The summed E-state index contributed by atoms with van der Waals surface area (Å²) in [6.45, 7) is 8.89. The second-order valence-electron chi connectivity index (χ2n) is 5.49. The van der Waals surface area contributed by atoms with E-state index < -0.39 is 0 Å². The second-order valence-corrected chi connectivity index (χ2v) is 6.58. The summed E-state index contributed by atoms with van der Waals surface area (Å²) in [5.41, 5.74) is 0.778. The lowest BCUT2D eigenvalue weighted by Crippen LogP contribution is -2.58. The molecule has 2 heterocycles. The zero-order chi connectivity index (χ0) is 14.0. The number of nitrogens with zero attached hydrogens (tertiary/aromatic N) is 2. The standard InChI is InChI=1S/C13H21N3O2S/c1-9-11(19-10(15-9)7-18-4)12(17)16-6-5-14-13(2,3)8-16/h14H,5-8H2,1-4H3. The number of ether oxygens (including phenoxy) is 1. The molecule has 1 aromatic rings. The van der Waals surface area contributed by atoms with Gasteiger partial charge in [0.15, 0.2) is 0 Å². The summed E-state index contributed by atoms with van der Waals surface area (Å²) >= 11 is 1.44. The van der Waals surface area contributed by atoms with E-state index in [9.17, 15) is 4.79 Å². The third kappa shape index (κ3) is 3.32. The number of aromatic nitrogens is 1. The summed E-state index contributed by atoms with van der Waals surface area (Å²) in [4.78, 5) is 19.6. The van der Waals surface area contributed by atoms with Gasteiger partial charge >= 0.3 is 0 Å². The molecule has 0 aromatic carbocycles. The van der Waals surface area contributed by atoms with Gasteiger partial charge in [-0.2, -0.15) is 0 Å². The maximum Gasteiger partial charge on any atom is 0.265 e. The minimum atomic E-state index is -0.0259. The zero-order valence-electron chi connectivity index (χ0n) is 11.9. The Bertz CT molecular complexity index is 470. The lowest BCUT2D eigenvalue weighted by Gasteiger charge is -2.39. The minimum absolute atomic E-state index is 0.0259. The molecule has 0 aliphatic carbocycles. The maximum atomic E-state index is 12.6. The molecule has 1 amide bonds. The molecule has 0 atom stereocenters. The Morgan fingerprint density at radius 2 is 2.32 bits per heavy atom. The lowest BCUT2D eigenvalue weighted by molar-refractivity contribution is 0.0656. The molecule has 1 fully saturated rings. The molecular formula is C13H21N3O2S. The van der Waals surface area contributed by atoms with Crippen LogP contribution in [0.2, 0.25) is 0 Å². The van der Waals surface area contributed by atoms with Crippen LogP contribution in [-0.2, 0) is 11.3 Å². The van der Waals surface area contributed by atoms with E-state index in [1.807, 2.05) is 11.8 Å². The van der Waals surface area contributed by atoms with Crippen LogP contribution in [0.1, 0.15) is 34.2 Å². The van der Waals surface area contributed by atoms with Crippen molar-refractivity contribution < 1.29 is 9.53 Å². The van der Waals surface area contributed by atoms with Crippen LogP contribution in [0, 0.1) is 6.92 Å². The van der Waals surface area contributed by atoms with E-state index >= 15 is 0 Å². The van der Waals surface area contributed by atoms with E-state index in [4.69, 9.17) is 4.74 Å². The third-order valence-corrected chi connectivity index (χ3v) is 4.28. The number of hydrogen-bond acceptors (Lipinski definition) is 5. The molecule has 1 aliphatic heterocycles. The monoisotopic (exact) mass is 283 g/mol. The number of aryl methyl sites for hydroxylation is 1. The largest absolute Gasteiger partial charge is 0.378 e. The van der Waals surface area contributed by atoms with Crippen molar-refractivity contribution in [1.82, 2.24) is 15.2 Å². The Balaban J connectivity index is 2.15. The Morgan fingerprint density at radius 3 is 2.95 bits per heavy atom. The van der Waals surface area contributed by atoms with Crippen LogP contribution >= 0.6 is 11.3 Å². The van der Waals surface area contributed by atoms with Crippen LogP contribution in [0.15, 0.2) is 0 Å². The molecule has 1 aromatic heterocycles. The topological polar surface area (TPSA) is 54.5 Å². The van der Waals surface area contributed by atoms with Crippen LogP contribution < -0.4 is 5.32 Å². The summed E-state index contributed by atoms with van der Waals surface area (Å²) in [7, 11) is 1.64. The molecule has 6 heteroatoms. The van der Waals surface area contributed by atoms with E-state index in [1.165, 1.54) is 11.3 Å². The van der Waals surface area contributed by atoms with Gasteiger partial charge < -0.3 is 15.0 Å². The fraction of sp³-hybridized carbons (Fsp3) is 0.692. The van der Waals surface area contributed by atoms with Crippen LogP contribution in [-0.4, -0.2) is 48.1 Å². The SMILES string of the molecule is COCc1nc(C)c(C(=O)N2CCNC(C)(C)C2)s1. The smallest absolute Gasteiger partial charge is 0.265 e. The predicted molar refractivity (Wildman–Crippen MR) is 75.5 cm³/mol.